The van der Waals surface area contributed by atoms with Crippen LogP contribution in [0.1, 0.15) is 86.5 Å². The SMILES string of the molecule is CCCC1CCC(c2ccc(C[C@@H](C)c3ccc(C(F)(F)F)cc3)cc2)CC1. The highest BCUT2D eigenvalue weighted by atomic mass is 19.4. The van der Waals surface area contributed by atoms with Gasteiger partial charge in [0.05, 0.1) is 5.56 Å². The van der Waals surface area contributed by atoms with Crippen LogP contribution in [-0.4, -0.2) is 0 Å². The highest BCUT2D eigenvalue weighted by Crippen LogP contribution is 2.37. The molecule has 28 heavy (non-hydrogen) atoms. The molecule has 1 aliphatic rings. The molecule has 2 aromatic carbocycles. The third-order valence-corrected chi connectivity index (χ3v) is 6.34. The highest BCUT2D eigenvalue weighted by molar-refractivity contribution is 5.30. The van der Waals surface area contributed by atoms with Gasteiger partial charge in [-0.2, -0.15) is 13.2 Å². The molecule has 3 heteroatoms. The second-order valence-corrected chi connectivity index (χ2v) is 8.47. The summed E-state index contributed by atoms with van der Waals surface area (Å²) in [7, 11) is 0. The normalized spacial score (nSPS) is 21.5. The standard InChI is InChI=1S/C25H31F3/c1-3-4-19-5-9-22(10-6-19)23-11-7-20(8-12-23)17-18(2)21-13-15-24(16-14-21)25(26,27)28/h7-8,11-16,18-19,22H,3-6,9-10,17H2,1-2H3/t18-,19?,22?/m1/s1. The fourth-order valence-electron chi connectivity index (χ4n) is 4.59. The van der Waals surface area contributed by atoms with Crippen LogP contribution in [0.15, 0.2) is 48.5 Å². The molecule has 3 rings (SSSR count). The summed E-state index contributed by atoms with van der Waals surface area (Å²) in [6, 6.07) is 14.5. The summed E-state index contributed by atoms with van der Waals surface area (Å²) in [5, 5.41) is 0. The van der Waals surface area contributed by atoms with Crippen molar-refractivity contribution in [3.05, 3.63) is 70.8 Å². The minimum absolute atomic E-state index is 0.192. The maximum absolute atomic E-state index is 12.7. The lowest BCUT2D eigenvalue weighted by molar-refractivity contribution is -0.137. The first-order valence-electron chi connectivity index (χ1n) is 10.6. The summed E-state index contributed by atoms with van der Waals surface area (Å²) in [6.07, 6.45) is 4.53. The lowest BCUT2D eigenvalue weighted by Crippen LogP contribution is -2.13. The average molecular weight is 389 g/mol. The third-order valence-electron chi connectivity index (χ3n) is 6.34. The van der Waals surface area contributed by atoms with Crippen molar-refractivity contribution in [2.24, 2.45) is 5.92 Å². The molecule has 0 unspecified atom stereocenters. The van der Waals surface area contributed by atoms with Crippen molar-refractivity contribution < 1.29 is 13.2 Å². The van der Waals surface area contributed by atoms with Crippen molar-refractivity contribution in [3.8, 4) is 0 Å². The lowest BCUT2D eigenvalue weighted by atomic mass is 9.77. The molecule has 1 fully saturated rings. The minimum Gasteiger partial charge on any atom is -0.166 e. The first-order chi connectivity index (χ1) is 13.4. The Bertz CT molecular complexity index is 720. The molecule has 1 saturated carbocycles. The van der Waals surface area contributed by atoms with Crippen LogP contribution >= 0.6 is 0 Å². The van der Waals surface area contributed by atoms with E-state index in [0.717, 1.165) is 17.9 Å². The quantitative estimate of drug-likeness (QED) is 0.468. The minimum atomic E-state index is -4.27. The zero-order valence-corrected chi connectivity index (χ0v) is 16.9. The van der Waals surface area contributed by atoms with E-state index in [4.69, 9.17) is 0 Å². The van der Waals surface area contributed by atoms with Crippen molar-refractivity contribution >= 4 is 0 Å². The Morgan fingerprint density at radius 2 is 1.50 bits per heavy atom. The van der Waals surface area contributed by atoms with E-state index in [9.17, 15) is 13.2 Å². The van der Waals surface area contributed by atoms with E-state index in [1.807, 2.05) is 0 Å². The van der Waals surface area contributed by atoms with Gasteiger partial charge in [-0.1, -0.05) is 63.1 Å². The van der Waals surface area contributed by atoms with Crippen LogP contribution in [0, 0.1) is 5.92 Å². The predicted molar refractivity (Wildman–Crippen MR) is 110 cm³/mol. The number of hydrogen-bond donors (Lipinski definition) is 0. The fourth-order valence-corrected chi connectivity index (χ4v) is 4.59. The van der Waals surface area contributed by atoms with Gasteiger partial charge in [0.2, 0.25) is 0 Å². The molecular weight excluding hydrogens is 357 g/mol. The molecule has 0 nitrogen and oxygen atoms in total. The average Bonchev–Trinajstić information content (AvgIpc) is 2.69. The van der Waals surface area contributed by atoms with Gasteiger partial charge in [0.1, 0.15) is 0 Å². The molecule has 0 N–H and O–H groups in total. The predicted octanol–water partition coefficient (Wildman–Crippen LogP) is 8.13. The fraction of sp³-hybridized carbons (Fsp3) is 0.520. The molecule has 0 saturated heterocycles. The van der Waals surface area contributed by atoms with E-state index in [0.29, 0.717) is 5.92 Å². The van der Waals surface area contributed by atoms with Gasteiger partial charge < -0.3 is 0 Å². The Morgan fingerprint density at radius 1 is 0.893 bits per heavy atom. The summed E-state index contributed by atoms with van der Waals surface area (Å²) in [5.74, 6) is 1.80. The number of rotatable bonds is 6. The number of alkyl halides is 3. The zero-order chi connectivity index (χ0) is 20.1. The number of hydrogen-bond acceptors (Lipinski definition) is 0. The van der Waals surface area contributed by atoms with E-state index in [1.165, 1.54) is 61.8 Å². The number of halogens is 3. The topological polar surface area (TPSA) is 0 Å². The Morgan fingerprint density at radius 3 is 2.04 bits per heavy atom. The van der Waals surface area contributed by atoms with Gasteiger partial charge >= 0.3 is 6.18 Å². The molecule has 0 heterocycles. The molecule has 0 aliphatic heterocycles. The molecule has 0 aromatic heterocycles. The first-order valence-corrected chi connectivity index (χ1v) is 10.6. The van der Waals surface area contributed by atoms with Crippen molar-refractivity contribution in [1.29, 1.82) is 0 Å². The van der Waals surface area contributed by atoms with E-state index in [1.54, 1.807) is 12.1 Å². The Labute approximate surface area is 167 Å². The van der Waals surface area contributed by atoms with Crippen LogP contribution in [0.4, 0.5) is 13.2 Å². The van der Waals surface area contributed by atoms with Crippen molar-refractivity contribution in [3.63, 3.8) is 0 Å². The molecule has 0 spiro atoms. The second kappa shape index (κ2) is 9.15. The van der Waals surface area contributed by atoms with Crippen LogP contribution < -0.4 is 0 Å². The van der Waals surface area contributed by atoms with Crippen LogP contribution in [0.5, 0.6) is 0 Å². The van der Waals surface area contributed by atoms with E-state index in [-0.39, 0.29) is 5.92 Å². The molecule has 0 amide bonds. The van der Waals surface area contributed by atoms with Gasteiger partial charge in [0.25, 0.3) is 0 Å². The molecule has 1 aliphatic carbocycles. The summed E-state index contributed by atoms with van der Waals surface area (Å²) in [4.78, 5) is 0. The summed E-state index contributed by atoms with van der Waals surface area (Å²) in [5.41, 5.74) is 3.06. The number of benzene rings is 2. The molecule has 2 aromatic rings. The molecular formula is C25H31F3. The molecule has 152 valence electrons. The van der Waals surface area contributed by atoms with Gasteiger partial charge in [-0.25, -0.2) is 0 Å². The first kappa shape index (κ1) is 21.0. The van der Waals surface area contributed by atoms with Crippen molar-refractivity contribution in [1.82, 2.24) is 0 Å². The van der Waals surface area contributed by atoms with E-state index in [2.05, 4.69) is 38.1 Å². The van der Waals surface area contributed by atoms with Gasteiger partial charge in [0.15, 0.2) is 0 Å². The van der Waals surface area contributed by atoms with Crippen molar-refractivity contribution in [2.45, 2.75) is 76.8 Å². The molecule has 1 atom stereocenters. The molecule has 0 bridgehead atoms. The Kier molecular flexibility index (Phi) is 6.85. The molecule has 0 radical (unpaired) electrons. The van der Waals surface area contributed by atoms with Gasteiger partial charge in [0, 0.05) is 0 Å². The Hall–Kier alpha value is -1.77. The van der Waals surface area contributed by atoms with Crippen LogP contribution in [0.2, 0.25) is 0 Å². The third kappa shape index (κ3) is 5.40. The van der Waals surface area contributed by atoms with Gasteiger partial charge in [-0.15, -0.1) is 0 Å². The highest BCUT2D eigenvalue weighted by Gasteiger charge is 2.30. The summed E-state index contributed by atoms with van der Waals surface area (Å²) < 4.78 is 38.2. The monoisotopic (exact) mass is 388 g/mol. The van der Waals surface area contributed by atoms with Crippen LogP contribution in [-0.2, 0) is 12.6 Å². The van der Waals surface area contributed by atoms with Crippen LogP contribution in [0.25, 0.3) is 0 Å². The largest absolute Gasteiger partial charge is 0.416 e. The van der Waals surface area contributed by atoms with Crippen LogP contribution in [0.3, 0.4) is 0 Å². The second-order valence-electron chi connectivity index (χ2n) is 8.47. The van der Waals surface area contributed by atoms with Gasteiger partial charge in [-0.3, -0.25) is 0 Å². The lowest BCUT2D eigenvalue weighted by Gasteiger charge is -2.28. The van der Waals surface area contributed by atoms with E-state index < -0.39 is 11.7 Å². The maximum Gasteiger partial charge on any atom is 0.416 e. The van der Waals surface area contributed by atoms with Crippen molar-refractivity contribution in [2.75, 3.05) is 0 Å². The maximum atomic E-state index is 12.7. The Balaban J connectivity index is 1.57. The summed E-state index contributed by atoms with van der Waals surface area (Å²) in [6.45, 7) is 4.35. The summed E-state index contributed by atoms with van der Waals surface area (Å²) >= 11 is 0. The zero-order valence-electron chi connectivity index (χ0n) is 16.9. The van der Waals surface area contributed by atoms with E-state index >= 15 is 0 Å². The van der Waals surface area contributed by atoms with Gasteiger partial charge in [-0.05, 0) is 78.7 Å². The smallest absolute Gasteiger partial charge is 0.166 e.